The van der Waals surface area contributed by atoms with Gasteiger partial charge in [-0.2, -0.15) is 23.5 Å². The largest absolute Gasteiger partial charge is 0.508 e. The van der Waals surface area contributed by atoms with Gasteiger partial charge >= 0.3 is 0 Å². The Hall–Kier alpha value is -9.83. The Balaban J connectivity index is 1.18. The third-order valence-corrected chi connectivity index (χ3v) is 22.4. The van der Waals surface area contributed by atoms with Gasteiger partial charge in [0.25, 0.3) is 0 Å². The fourth-order valence-electron chi connectivity index (χ4n) is 13.8. The molecule has 3 aromatic carbocycles. The Morgan fingerprint density at radius 1 is 0.566 bits per heavy atom. The molecule has 31 nitrogen and oxygen atoms in total. The first-order valence-electron chi connectivity index (χ1n) is 38.8. The van der Waals surface area contributed by atoms with Gasteiger partial charge in [-0.3, -0.25) is 57.5 Å². The number of aliphatic hydroxyl groups is 2. The number of benzene rings is 3. The molecule has 8 rings (SSSR count). The molecule has 5 aromatic rings. The van der Waals surface area contributed by atoms with Crippen LogP contribution in [0.5, 0.6) is 11.5 Å². The number of nitrogens with two attached hydrogens (primary N) is 1. The van der Waals surface area contributed by atoms with E-state index in [0.717, 1.165) is 17.5 Å². The summed E-state index contributed by atoms with van der Waals surface area (Å²) in [4.78, 5) is 183. The summed E-state index contributed by atoms with van der Waals surface area (Å²) < 4.78 is 0. The number of aromatic hydroxyl groups is 2. The van der Waals surface area contributed by atoms with Crippen molar-refractivity contribution >= 4 is 105 Å². The van der Waals surface area contributed by atoms with E-state index in [2.05, 4.69) is 73.8 Å². The number of aliphatic hydroxyl groups excluding tert-OH is 2. The third-order valence-electron chi connectivity index (χ3n) is 20.3. The number of hydrogen-bond acceptors (Lipinski definition) is 20. The molecule has 614 valence electrons. The van der Waals surface area contributed by atoms with Crippen molar-refractivity contribution in [2.75, 3.05) is 24.6 Å². The van der Waals surface area contributed by atoms with Gasteiger partial charge in [-0.15, -0.1) is 0 Å². The van der Waals surface area contributed by atoms with E-state index in [-0.39, 0.29) is 94.5 Å². The summed E-state index contributed by atoms with van der Waals surface area (Å²) in [7, 11) is 0. The first kappa shape index (κ1) is 88.7. The number of carbonyl (C=O) groups is 12. The number of phenols is 2. The predicted octanol–water partition coefficient (Wildman–Crippen LogP) is 2.13. The molecule has 2 aromatic heterocycles. The Kier molecular flexibility index (Phi) is 34.1. The van der Waals surface area contributed by atoms with Crippen LogP contribution in [0.4, 0.5) is 0 Å². The predicted molar refractivity (Wildman–Crippen MR) is 427 cm³/mol. The van der Waals surface area contributed by atoms with Gasteiger partial charge in [0.05, 0.1) is 24.3 Å². The van der Waals surface area contributed by atoms with Gasteiger partial charge in [0.1, 0.15) is 71.5 Å². The minimum Gasteiger partial charge on any atom is -0.508 e. The first-order valence-corrected chi connectivity index (χ1v) is 41.1. The molecule has 1 saturated heterocycles. The number of hydrogen-bond donors (Lipinski definition) is 18. The lowest BCUT2D eigenvalue weighted by atomic mass is 9.83. The summed E-state index contributed by atoms with van der Waals surface area (Å²) in [6, 6.07) is 7.65. The van der Waals surface area contributed by atoms with Crippen LogP contribution < -0.4 is 69.5 Å². The van der Waals surface area contributed by atoms with Crippen LogP contribution >= 0.6 is 23.5 Å². The summed E-state index contributed by atoms with van der Waals surface area (Å²) in [5, 5.41) is 77.9. The second-order valence-electron chi connectivity index (χ2n) is 30.5. The second kappa shape index (κ2) is 43.4. The van der Waals surface area contributed by atoms with Crippen LogP contribution in [0.2, 0.25) is 0 Å². The summed E-state index contributed by atoms with van der Waals surface area (Å²) in [6.07, 6.45) is 2.69. The summed E-state index contributed by atoms with van der Waals surface area (Å²) in [6.45, 7) is 9.33. The molecule has 0 radical (unpaired) electrons. The van der Waals surface area contributed by atoms with Crippen molar-refractivity contribution in [3.63, 3.8) is 0 Å². The molecule has 13 atom stereocenters. The van der Waals surface area contributed by atoms with Crippen LogP contribution in [-0.4, -0.2) is 205 Å². The van der Waals surface area contributed by atoms with Gasteiger partial charge in [-0.05, 0) is 141 Å². The maximum atomic E-state index is 15.3. The molecule has 4 bridgehead atoms. The normalized spacial score (nSPS) is 25.6. The molecule has 19 N–H and O–H groups in total. The number of thioether (sulfide) groups is 2. The number of rotatable bonds is 12. The second-order valence-corrected chi connectivity index (χ2v) is 32.7. The molecular formula is C80H111N15O16S2. The van der Waals surface area contributed by atoms with E-state index in [9.17, 15) is 58.8 Å². The lowest BCUT2D eigenvalue weighted by Crippen LogP contribution is -2.63. The summed E-state index contributed by atoms with van der Waals surface area (Å²) in [5.41, 5.74) is 8.76. The molecule has 33 heteroatoms. The van der Waals surface area contributed by atoms with Crippen LogP contribution in [0, 0.1) is 11.3 Å². The average molecular weight is 1600 g/mol. The number of carbonyl (C=O) groups excluding carboxylic acids is 12. The van der Waals surface area contributed by atoms with Crippen LogP contribution in [0.25, 0.3) is 11.0 Å². The van der Waals surface area contributed by atoms with E-state index in [1.54, 1.807) is 64.4 Å². The number of amides is 12. The number of primary amides is 1. The maximum absolute atomic E-state index is 15.3. The number of fused-ring (bicyclic) bond motifs is 12. The van der Waals surface area contributed by atoms with Gasteiger partial charge in [-0.1, -0.05) is 102 Å². The number of aromatic amines is 1. The standard InChI is InChI=1S/C80H111N15O16S2/c1-7-15-56-71(103)87-57-21-12-23-64(100)82-33-14-22-58(73(105)91-62(45(2)96)41-84-59(74(106)86-56)39-52-40-85-70-55(52)20-13-34-83-70)88-75(107)60(37-47-24-28-53(98)29-25-47)90-79(111)68(80(4,5)6)93-65(101)32-35-112-42-49-16-11-17-50(36-49)43-113-44-63(69(81)102)92-77(109)66(46(3)97)94-78(110)67(51-18-9-8-10-19-51)95-76(108)61(89-72(57)104)38-48-26-30-54(99)31-27-48/h11,13,16-17,20,24-31,34,36,40,45-46,51,56-63,66-68,84,96-99H,7-10,12,14-15,18-19,21-23,32-33,35,37-39,41-44H2,1-6H3,(H2,81,102)(H,82,100)(H,83,85)(H,86,106)(H,87,103)(H,88,107)(H,89,104)(H,90,111)(H,91,105)(H,92,109)(H,93,101)(H,94,110)(H,95,108)/t45-,46-,56+,57+,58+,59+,60+,61+,62+,63+,66+,67+,68-/m1/s1. The van der Waals surface area contributed by atoms with Crippen molar-refractivity contribution in [2.24, 2.45) is 17.1 Å². The molecule has 2 fully saturated rings. The Labute approximate surface area is 666 Å². The molecular weight excluding hydrogens is 1490 g/mol. The molecule has 3 aliphatic rings. The first-order chi connectivity index (χ1) is 53.9. The van der Waals surface area contributed by atoms with E-state index in [1.165, 1.54) is 73.8 Å². The number of nitrogens with zero attached hydrogens (tertiary/aromatic N) is 1. The van der Waals surface area contributed by atoms with Crippen molar-refractivity contribution in [1.29, 1.82) is 0 Å². The van der Waals surface area contributed by atoms with Gasteiger partial charge in [-0.25, -0.2) is 4.98 Å². The Bertz CT molecular complexity index is 4080. The van der Waals surface area contributed by atoms with E-state index < -0.39 is 161 Å². The Morgan fingerprint density at radius 3 is 1.76 bits per heavy atom. The van der Waals surface area contributed by atoms with Crippen molar-refractivity contribution in [3.05, 3.63) is 125 Å². The molecule has 1 saturated carbocycles. The Morgan fingerprint density at radius 2 is 1.15 bits per heavy atom. The van der Waals surface area contributed by atoms with E-state index in [4.69, 9.17) is 5.73 Å². The molecule has 113 heavy (non-hydrogen) atoms. The highest BCUT2D eigenvalue weighted by Crippen LogP contribution is 2.29. The van der Waals surface area contributed by atoms with Crippen LogP contribution in [0.1, 0.15) is 153 Å². The molecule has 4 heterocycles. The fourth-order valence-corrected chi connectivity index (χ4v) is 15.7. The number of phenolic OH excluding ortho intramolecular Hbond substituents is 2. The van der Waals surface area contributed by atoms with Gasteiger partial charge in [0.15, 0.2) is 0 Å². The zero-order valence-corrected chi connectivity index (χ0v) is 66.5. The quantitative estimate of drug-likeness (QED) is 0.0850. The minimum absolute atomic E-state index is 0.00854. The topological polar surface area (TPSA) is 485 Å². The van der Waals surface area contributed by atoms with E-state index in [0.29, 0.717) is 77.1 Å². The highest BCUT2D eigenvalue weighted by atomic mass is 32.2. The zero-order chi connectivity index (χ0) is 81.9. The maximum Gasteiger partial charge on any atom is 0.245 e. The van der Waals surface area contributed by atoms with Crippen LogP contribution in [0.15, 0.2) is 97.3 Å². The third kappa shape index (κ3) is 27.8. The lowest BCUT2D eigenvalue weighted by molar-refractivity contribution is -0.137. The monoisotopic (exact) mass is 1600 g/mol. The van der Waals surface area contributed by atoms with Crippen LogP contribution in [-0.2, 0) is 88.3 Å². The molecule has 2 aliphatic heterocycles. The van der Waals surface area contributed by atoms with Crippen LogP contribution in [0.3, 0.4) is 0 Å². The average Bonchev–Trinajstić information content (AvgIpc) is 1.73. The molecule has 12 amide bonds. The lowest BCUT2D eigenvalue weighted by Gasteiger charge is -2.33. The smallest absolute Gasteiger partial charge is 0.245 e. The van der Waals surface area contributed by atoms with Crippen molar-refractivity contribution < 1.29 is 78.0 Å². The highest BCUT2D eigenvalue weighted by Gasteiger charge is 2.41. The van der Waals surface area contributed by atoms with Crippen molar-refractivity contribution in [2.45, 2.75) is 234 Å². The minimum atomic E-state index is -1.68. The molecule has 0 unspecified atom stereocenters. The van der Waals surface area contributed by atoms with Gasteiger partial charge < -0.3 is 94.9 Å². The number of nitrogens with one attached hydrogen (secondary N) is 13. The molecule has 0 spiro atoms. The van der Waals surface area contributed by atoms with Gasteiger partial charge in [0, 0.05) is 79.6 Å². The van der Waals surface area contributed by atoms with E-state index >= 15 is 19.2 Å². The van der Waals surface area contributed by atoms with Crippen molar-refractivity contribution in [1.82, 2.24) is 73.8 Å². The van der Waals surface area contributed by atoms with E-state index in [1.807, 2.05) is 24.3 Å². The number of H-pyrrole nitrogens is 1. The SMILES string of the molecule is CCC[C@@H]1NC(=O)[C@H](Cc2c[nH]c3ncccc23)NC[C@@H]([C@@H](C)O)NC(=O)[C@@H]2CCCNC(=O)CCC[C@H](NC1=O)C(=O)N[C@@H](Cc1ccc(O)cc1)C(=O)N[C@@H](C1CCCCC1)C(=O)N[C@@H]([C@@H](C)O)C(=O)N[C@H](C(N)=O)CSCc1cccc(c1)CSCCC(=O)N[C@@H](C(C)(C)C)C(=O)N[C@@H](Cc1ccc(O)cc1)C(=O)N2. The number of aromatic nitrogens is 2. The summed E-state index contributed by atoms with van der Waals surface area (Å²) in [5.74, 6) is -8.90. The number of pyridine rings is 1. The molecule has 1 aliphatic carbocycles. The fraction of sp³-hybridized carbons (Fsp3) is 0.537. The highest BCUT2D eigenvalue weighted by molar-refractivity contribution is 7.98. The van der Waals surface area contributed by atoms with Crippen molar-refractivity contribution in [3.8, 4) is 11.5 Å². The summed E-state index contributed by atoms with van der Waals surface area (Å²) >= 11 is 2.74. The van der Waals surface area contributed by atoms with Gasteiger partial charge in [0.2, 0.25) is 70.9 Å². The zero-order valence-electron chi connectivity index (χ0n) is 64.9.